The molecule has 130 valence electrons. The molecule has 0 amide bonds. The quantitative estimate of drug-likeness (QED) is 0.659. The zero-order valence-electron chi connectivity index (χ0n) is 13.5. The molecular formula is C16H20ClN3O4. The minimum atomic E-state index is -0.756. The highest BCUT2D eigenvalue weighted by molar-refractivity contribution is 6.33. The molecule has 4 aliphatic rings. The summed E-state index contributed by atoms with van der Waals surface area (Å²) in [7, 11) is 0. The summed E-state index contributed by atoms with van der Waals surface area (Å²) in [5.41, 5.74) is 0.104. The summed E-state index contributed by atoms with van der Waals surface area (Å²) in [6.45, 7) is 1.77. The van der Waals surface area contributed by atoms with Crippen molar-refractivity contribution in [1.82, 2.24) is 9.78 Å². The van der Waals surface area contributed by atoms with E-state index in [1.54, 1.807) is 11.6 Å². The lowest BCUT2D eigenvalue weighted by Crippen LogP contribution is -2.57. The fourth-order valence-electron chi connectivity index (χ4n) is 6.22. The first-order valence-electron chi connectivity index (χ1n) is 8.35. The molecule has 0 aromatic carbocycles. The Morgan fingerprint density at radius 1 is 1.42 bits per heavy atom. The largest absolute Gasteiger partial charge is 0.481 e. The van der Waals surface area contributed by atoms with Crippen molar-refractivity contribution >= 4 is 23.4 Å². The predicted molar refractivity (Wildman–Crippen MR) is 86.0 cm³/mol. The summed E-state index contributed by atoms with van der Waals surface area (Å²) in [6, 6.07) is 0. The van der Waals surface area contributed by atoms with Crippen LogP contribution in [0.4, 0.5) is 5.82 Å². The maximum absolute atomic E-state index is 11.4. The first kappa shape index (κ1) is 15.9. The maximum atomic E-state index is 11.4. The highest BCUT2D eigenvalue weighted by atomic mass is 35.5. The number of nitrogens with zero attached hydrogens (tertiary/aromatic N) is 3. The first-order chi connectivity index (χ1) is 11.2. The van der Waals surface area contributed by atoms with Crippen LogP contribution in [0.15, 0.2) is 0 Å². The van der Waals surface area contributed by atoms with E-state index in [-0.39, 0.29) is 28.2 Å². The van der Waals surface area contributed by atoms with Crippen molar-refractivity contribution in [3.63, 3.8) is 0 Å². The Morgan fingerprint density at radius 2 is 2.04 bits per heavy atom. The van der Waals surface area contributed by atoms with Crippen LogP contribution in [0, 0.1) is 34.3 Å². The van der Waals surface area contributed by atoms with E-state index in [4.69, 9.17) is 11.6 Å². The second-order valence-corrected chi connectivity index (χ2v) is 8.53. The molecule has 0 radical (unpaired) electrons. The number of hydrogen-bond acceptors (Lipinski definition) is 4. The van der Waals surface area contributed by atoms with E-state index in [0.717, 1.165) is 38.5 Å². The summed E-state index contributed by atoms with van der Waals surface area (Å²) < 4.78 is 1.77. The fraction of sp³-hybridized carbons (Fsp3) is 0.750. The van der Waals surface area contributed by atoms with E-state index < -0.39 is 10.9 Å². The van der Waals surface area contributed by atoms with Gasteiger partial charge in [0.2, 0.25) is 0 Å². The first-order valence-corrected chi connectivity index (χ1v) is 8.73. The van der Waals surface area contributed by atoms with E-state index in [2.05, 4.69) is 5.10 Å². The van der Waals surface area contributed by atoms with Crippen molar-refractivity contribution in [3.05, 3.63) is 20.8 Å². The summed E-state index contributed by atoms with van der Waals surface area (Å²) >= 11 is 6.15. The van der Waals surface area contributed by atoms with Gasteiger partial charge in [0.05, 0.1) is 22.8 Å². The zero-order valence-corrected chi connectivity index (χ0v) is 14.3. The average molecular weight is 354 g/mol. The Bertz CT molecular complexity index is 730. The molecule has 24 heavy (non-hydrogen) atoms. The van der Waals surface area contributed by atoms with Gasteiger partial charge in [0.15, 0.2) is 5.02 Å². The van der Waals surface area contributed by atoms with E-state index in [1.165, 1.54) is 0 Å². The molecule has 1 heterocycles. The SMILES string of the molecule is Cc1c(Cl)c([N+](=O)[O-])nn1C12C[C@H]3C[C@@H](CC(CC(=O)O)(C3)C1)C2. The van der Waals surface area contributed by atoms with Gasteiger partial charge in [0, 0.05) is 0 Å². The number of rotatable bonds is 4. The van der Waals surface area contributed by atoms with Crippen LogP contribution >= 0.6 is 11.6 Å². The lowest BCUT2D eigenvalue weighted by atomic mass is 9.46. The van der Waals surface area contributed by atoms with E-state index in [9.17, 15) is 20.0 Å². The number of halogens is 1. The molecule has 4 aliphatic carbocycles. The standard InChI is InChI=1S/C16H20ClN3O4/c1-9-13(17)14(20(23)24)18-19(9)16-5-10-2-11(6-16)4-15(3-10,8-16)7-12(21)22/h10-11H,2-8H2,1H3,(H,21,22)/t10-,11-,15?,16?/m0/s1. The Hall–Kier alpha value is -1.63. The third-order valence-corrected chi connectivity index (χ3v) is 6.77. The Morgan fingerprint density at radius 3 is 2.54 bits per heavy atom. The van der Waals surface area contributed by atoms with Crippen LogP contribution in [0.2, 0.25) is 5.02 Å². The monoisotopic (exact) mass is 353 g/mol. The van der Waals surface area contributed by atoms with Crippen LogP contribution in [0.5, 0.6) is 0 Å². The van der Waals surface area contributed by atoms with Gasteiger partial charge in [0.1, 0.15) is 0 Å². The molecule has 7 nitrogen and oxygen atoms in total. The smallest absolute Gasteiger partial charge is 0.408 e. The highest BCUT2D eigenvalue weighted by Gasteiger charge is 2.60. The number of carboxylic acids is 1. The Labute approximate surface area is 144 Å². The number of aliphatic carboxylic acids is 1. The summed E-state index contributed by atoms with van der Waals surface area (Å²) in [4.78, 5) is 22.1. The third-order valence-electron chi connectivity index (χ3n) is 6.33. The second-order valence-electron chi connectivity index (χ2n) is 8.15. The van der Waals surface area contributed by atoms with Crippen molar-refractivity contribution in [2.75, 3.05) is 0 Å². The Kier molecular flexibility index (Phi) is 3.27. The van der Waals surface area contributed by atoms with E-state index in [0.29, 0.717) is 17.5 Å². The Balaban J connectivity index is 1.79. The van der Waals surface area contributed by atoms with Crippen molar-refractivity contribution in [3.8, 4) is 0 Å². The van der Waals surface area contributed by atoms with Crippen LogP contribution in [-0.2, 0) is 10.3 Å². The number of carbonyl (C=O) groups is 1. The van der Waals surface area contributed by atoms with Gasteiger partial charge in [-0.3, -0.25) is 4.79 Å². The van der Waals surface area contributed by atoms with Crippen molar-refractivity contribution < 1.29 is 14.8 Å². The molecule has 0 spiro atoms. The van der Waals surface area contributed by atoms with Gasteiger partial charge in [-0.25, -0.2) is 0 Å². The highest BCUT2D eigenvalue weighted by Crippen LogP contribution is 2.65. The van der Waals surface area contributed by atoms with Crippen LogP contribution in [0.25, 0.3) is 0 Å². The normalized spacial score (nSPS) is 36.9. The molecule has 4 saturated carbocycles. The molecule has 1 aromatic rings. The molecule has 0 saturated heterocycles. The molecule has 8 heteroatoms. The summed E-state index contributed by atoms with van der Waals surface area (Å²) in [6.07, 6.45) is 5.79. The molecule has 1 aromatic heterocycles. The van der Waals surface area contributed by atoms with Crippen LogP contribution in [-0.4, -0.2) is 25.8 Å². The topological polar surface area (TPSA) is 98.3 Å². The molecule has 0 unspecified atom stereocenters. The van der Waals surface area contributed by atoms with Crippen LogP contribution < -0.4 is 0 Å². The molecular weight excluding hydrogens is 334 g/mol. The van der Waals surface area contributed by atoms with E-state index >= 15 is 0 Å². The number of hydrogen-bond donors (Lipinski definition) is 1. The maximum Gasteiger partial charge on any atom is 0.408 e. The van der Waals surface area contributed by atoms with Gasteiger partial charge in [-0.2, -0.15) is 4.68 Å². The van der Waals surface area contributed by atoms with Gasteiger partial charge >= 0.3 is 11.8 Å². The zero-order chi connectivity index (χ0) is 17.3. The van der Waals surface area contributed by atoms with Crippen molar-refractivity contribution in [2.24, 2.45) is 17.3 Å². The van der Waals surface area contributed by atoms with Crippen molar-refractivity contribution in [1.29, 1.82) is 0 Å². The van der Waals surface area contributed by atoms with Crippen LogP contribution in [0.1, 0.15) is 50.6 Å². The molecule has 4 bridgehead atoms. The number of carboxylic acid groups (broad SMARTS) is 1. The minimum absolute atomic E-state index is 0.100. The molecule has 1 N–H and O–H groups in total. The third kappa shape index (κ3) is 2.17. The predicted octanol–water partition coefficient (Wildman–Crippen LogP) is 3.52. The van der Waals surface area contributed by atoms with Gasteiger partial charge in [0.25, 0.3) is 0 Å². The van der Waals surface area contributed by atoms with Gasteiger partial charge in [-0.05, 0) is 67.6 Å². The molecule has 0 aliphatic heterocycles. The number of nitro groups is 1. The fourth-order valence-corrected chi connectivity index (χ4v) is 6.41. The van der Waals surface area contributed by atoms with Gasteiger partial charge < -0.3 is 15.2 Å². The summed E-state index contributed by atoms with van der Waals surface area (Å²) in [5, 5.41) is 24.9. The van der Waals surface area contributed by atoms with E-state index in [1.807, 2.05) is 0 Å². The second kappa shape index (κ2) is 4.94. The number of aromatic nitrogens is 2. The van der Waals surface area contributed by atoms with Gasteiger partial charge in [-0.1, -0.05) is 11.6 Å². The van der Waals surface area contributed by atoms with Crippen molar-refractivity contribution in [2.45, 2.75) is 57.4 Å². The molecule has 5 rings (SSSR count). The molecule has 2 atom stereocenters. The summed E-state index contributed by atoms with van der Waals surface area (Å²) in [5.74, 6) is -0.0930. The minimum Gasteiger partial charge on any atom is -0.481 e. The average Bonchev–Trinajstić information content (AvgIpc) is 2.73. The lowest BCUT2D eigenvalue weighted by molar-refractivity contribution is -0.389. The lowest BCUT2D eigenvalue weighted by Gasteiger charge is -2.61. The molecule has 4 fully saturated rings. The van der Waals surface area contributed by atoms with Crippen LogP contribution in [0.3, 0.4) is 0 Å². The van der Waals surface area contributed by atoms with Gasteiger partial charge in [-0.15, -0.1) is 0 Å².